The molecule has 0 aliphatic heterocycles. The van der Waals surface area contributed by atoms with E-state index in [1.54, 1.807) is 13.2 Å². The number of halogens is 3. The normalized spacial score (nSPS) is 11.6. The molecule has 0 fully saturated rings. The van der Waals surface area contributed by atoms with Crippen LogP contribution in [0.4, 0.5) is 0 Å². The van der Waals surface area contributed by atoms with Gasteiger partial charge >= 0.3 is 12.0 Å². The number of methoxy groups -OCH3 is 1. The highest BCUT2D eigenvalue weighted by Gasteiger charge is 2.23. The van der Waals surface area contributed by atoms with Crippen LogP contribution in [0, 0.1) is 0 Å². The number of ether oxygens (including phenoxy) is 3. The van der Waals surface area contributed by atoms with Crippen molar-refractivity contribution in [3.8, 4) is 22.6 Å². The highest BCUT2D eigenvalue weighted by molar-refractivity contribution is 7.64. The van der Waals surface area contributed by atoms with Crippen molar-refractivity contribution in [3.05, 3.63) is 54.1 Å². The van der Waals surface area contributed by atoms with Gasteiger partial charge in [-0.2, -0.15) is 0 Å². The maximum Gasteiger partial charge on any atom is 0.341 e. The molecule has 0 amide bonds. The second-order valence-corrected chi connectivity index (χ2v) is 18.0. The van der Waals surface area contributed by atoms with E-state index in [4.69, 9.17) is 47.4 Å². The van der Waals surface area contributed by atoms with Crippen molar-refractivity contribution in [2.24, 2.45) is 0 Å². The van der Waals surface area contributed by atoms with Crippen molar-refractivity contribution < 1.29 is 19.0 Å². The van der Waals surface area contributed by atoms with Gasteiger partial charge in [0.2, 0.25) is 0 Å². The number of carbonyl (C=O) groups excluding carboxylic acids is 1. The Kier molecular flexibility index (Phi) is 14.4. The fourth-order valence-electron chi connectivity index (χ4n) is 3.63. The summed E-state index contributed by atoms with van der Waals surface area (Å²) in [7, 11) is 1.65. The minimum Gasteiger partial charge on any atom is -0.493 e. The topological polar surface area (TPSA) is 44.8 Å². The van der Waals surface area contributed by atoms with Crippen molar-refractivity contribution in [2.75, 3.05) is 20.3 Å². The Morgan fingerprint density at radius 1 is 0.833 bits per heavy atom. The molecule has 0 aliphatic rings. The Bertz CT molecular complexity index is 943. The zero-order valence-corrected chi connectivity index (χ0v) is 24.5. The van der Waals surface area contributed by atoms with Crippen LogP contribution in [0.1, 0.15) is 63.9 Å². The summed E-state index contributed by atoms with van der Waals surface area (Å²) in [6.45, 7) is 3.27. The molecule has 2 aromatic carbocycles. The summed E-state index contributed by atoms with van der Waals surface area (Å²) in [6, 6.07) is 12.1. The zero-order valence-electron chi connectivity index (χ0n) is 21.2. The standard InChI is InChI=1S/C28H37Cl3O4Si/c1-3-4-5-8-19-34-27-22-25(16-17-26(27)33-2)24-14-11-23(12-15-24)13-18-28(32)35-20-9-6-7-10-21-36(29,30)31/h11-18,22H,3-10,19-21H2,1-2H3/b18-13+. The van der Waals surface area contributed by atoms with Crippen LogP contribution in [0.15, 0.2) is 48.5 Å². The van der Waals surface area contributed by atoms with E-state index in [9.17, 15) is 4.79 Å². The lowest BCUT2D eigenvalue weighted by Crippen LogP contribution is -2.07. The fourth-order valence-corrected chi connectivity index (χ4v) is 5.49. The third-order valence-electron chi connectivity index (χ3n) is 5.67. The Morgan fingerprint density at radius 2 is 1.50 bits per heavy atom. The SMILES string of the molecule is CCCCCCOc1cc(-c2ccc(/C=C/C(=O)OCCCCCC[Si](Cl)(Cl)Cl)cc2)ccc1OC. The number of hydrogen-bond donors (Lipinski definition) is 0. The van der Waals surface area contributed by atoms with Crippen LogP contribution in [0.2, 0.25) is 6.04 Å². The Morgan fingerprint density at radius 3 is 2.19 bits per heavy atom. The van der Waals surface area contributed by atoms with Gasteiger partial charge in [0.1, 0.15) is 0 Å². The summed E-state index contributed by atoms with van der Waals surface area (Å²) in [4.78, 5) is 12.0. The van der Waals surface area contributed by atoms with Crippen LogP contribution >= 0.6 is 33.2 Å². The highest BCUT2D eigenvalue weighted by atomic mass is 35.8. The molecule has 0 aromatic heterocycles. The first kappa shape index (κ1) is 30.6. The van der Waals surface area contributed by atoms with Gasteiger partial charge in [0, 0.05) is 6.08 Å². The average molecular weight is 572 g/mol. The van der Waals surface area contributed by atoms with Crippen molar-refractivity contribution in [1.82, 2.24) is 0 Å². The Balaban J connectivity index is 1.81. The first-order valence-corrected chi connectivity index (χ1v) is 17.9. The minimum absolute atomic E-state index is 0.344. The Labute approximate surface area is 231 Å². The molecule has 8 heteroatoms. The van der Waals surface area contributed by atoms with Gasteiger partial charge in [-0.05, 0) is 53.8 Å². The molecule has 0 aliphatic carbocycles. The van der Waals surface area contributed by atoms with Gasteiger partial charge in [-0.15, -0.1) is 33.2 Å². The predicted octanol–water partition coefficient (Wildman–Crippen LogP) is 9.09. The Hall–Kier alpha value is -1.66. The van der Waals surface area contributed by atoms with Crippen molar-refractivity contribution >= 4 is 51.3 Å². The van der Waals surface area contributed by atoms with E-state index in [1.807, 2.05) is 42.5 Å². The van der Waals surface area contributed by atoms with Gasteiger partial charge in [0.25, 0.3) is 0 Å². The molecule has 0 unspecified atom stereocenters. The molecule has 0 radical (unpaired) electrons. The first-order chi connectivity index (χ1) is 17.3. The van der Waals surface area contributed by atoms with Crippen molar-refractivity contribution in [1.29, 1.82) is 0 Å². The number of esters is 1. The van der Waals surface area contributed by atoms with Crippen LogP contribution in [0.3, 0.4) is 0 Å². The number of carbonyl (C=O) groups is 1. The molecule has 0 N–H and O–H groups in total. The van der Waals surface area contributed by atoms with E-state index in [0.717, 1.165) is 60.3 Å². The van der Waals surface area contributed by atoms with E-state index in [0.29, 0.717) is 19.3 Å². The quantitative estimate of drug-likeness (QED) is 0.0624. The smallest absolute Gasteiger partial charge is 0.341 e. The highest BCUT2D eigenvalue weighted by Crippen LogP contribution is 2.33. The molecule has 0 saturated carbocycles. The minimum atomic E-state index is -2.51. The maximum absolute atomic E-state index is 12.0. The average Bonchev–Trinajstić information content (AvgIpc) is 2.86. The van der Waals surface area contributed by atoms with Crippen molar-refractivity contribution in [2.45, 2.75) is 64.3 Å². The second kappa shape index (κ2) is 17.0. The first-order valence-electron chi connectivity index (χ1n) is 12.6. The van der Waals surface area contributed by atoms with E-state index >= 15 is 0 Å². The summed E-state index contributed by atoms with van der Waals surface area (Å²) in [5, 5.41) is 0. The van der Waals surface area contributed by atoms with Gasteiger partial charge in [-0.1, -0.05) is 75.8 Å². The molecule has 0 spiro atoms. The fraction of sp³-hybridized carbons (Fsp3) is 0.464. The summed E-state index contributed by atoms with van der Waals surface area (Å²) < 4.78 is 16.7. The summed E-state index contributed by atoms with van der Waals surface area (Å²) in [6.07, 6.45) is 11.5. The lowest BCUT2D eigenvalue weighted by molar-refractivity contribution is -0.137. The largest absolute Gasteiger partial charge is 0.493 e. The maximum atomic E-state index is 12.0. The molecule has 0 atom stereocenters. The van der Waals surface area contributed by atoms with Gasteiger partial charge in [-0.3, -0.25) is 0 Å². The number of unbranched alkanes of at least 4 members (excludes halogenated alkanes) is 6. The zero-order chi connectivity index (χ0) is 26.2. The van der Waals surface area contributed by atoms with E-state index in [1.165, 1.54) is 25.3 Å². The number of rotatable bonds is 17. The lowest BCUT2D eigenvalue weighted by Gasteiger charge is -2.13. The van der Waals surface area contributed by atoms with Crippen LogP contribution in [-0.4, -0.2) is 32.3 Å². The van der Waals surface area contributed by atoms with Crippen molar-refractivity contribution in [3.63, 3.8) is 0 Å². The van der Waals surface area contributed by atoms with E-state index in [-0.39, 0.29) is 5.97 Å². The van der Waals surface area contributed by atoms with Crippen LogP contribution in [-0.2, 0) is 9.53 Å². The molecule has 4 nitrogen and oxygen atoms in total. The molecular formula is C28H37Cl3O4Si. The molecule has 0 saturated heterocycles. The lowest BCUT2D eigenvalue weighted by atomic mass is 10.0. The molecule has 0 heterocycles. The third-order valence-corrected chi connectivity index (χ3v) is 8.30. The third kappa shape index (κ3) is 12.5. The molecule has 2 aromatic rings. The molecule has 0 bridgehead atoms. The van der Waals surface area contributed by atoms with E-state index in [2.05, 4.69) is 6.92 Å². The molecular weight excluding hydrogens is 535 g/mol. The van der Waals surface area contributed by atoms with Crippen LogP contribution in [0.5, 0.6) is 11.5 Å². The molecule has 2 rings (SSSR count). The van der Waals surface area contributed by atoms with Crippen LogP contribution < -0.4 is 9.47 Å². The van der Waals surface area contributed by atoms with Gasteiger partial charge in [-0.25, -0.2) is 4.79 Å². The summed E-state index contributed by atoms with van der Waals surface area (Å²) in [5.41, 5.74) is 3.03. The predicted molar refractivity (Wildman–Crippen MR) is 155 cm³/mol. The summed E-state index contributed by atoms with van der Waals surface area (Å²) >= 11 is 17.6. The van der Waals surface area contributed by atoms with Gasteiger partial charge < -0.3 is 14.2 Å². The number of benzene rings is 2. The molecule has 36 heavy (non-hydrogen) atoms. The van der Waals surface area contributed by atoms with E-state index < -0.39 is 6.00 Å². The monoisotopic (exact) mass is 570 g/mol. The van der Waals surface area contributed by atoms with Gasteiger partial charge in [0.15, 0.2) is 11.5 Å². The van der Waals surface area contributed by atoms with Gasteiger partial charge in [0.05, 0.1) is 20.3 Å². The second-order valence-electron chi connectivity index (χ2n) is 8.68. The van der Waals surface area contributed by atoms with Crippen LogP contribution in [0.25, 0.3) is 17.2 Å². The number of hydrogen-bond acceptors (Lipinski definition) is 4. The summed E-state index contributed by atoms with van der Waals surface area (Å²) in [5.74, 6) is 1.14. The molecule has 198 valence electrons.